The number of aliphatic hydroxyl groups is 1. The van der Waals surface area contributed by atoms with E-state index >= 15 is 0 Å². The molecule has 0 aromatic carbocycles. The Labute approximate surface area is 146 Å². The van der Waals surface area contributed by atoms with Crippen LogP contribution in [0, 0.1) is 5.92 Å². The van der Waals surface area contributed by atoms with Crippen LogP contribution in [0.1, 0.15) is 48.3 Å². The predicted molar refractivity (Wildman–Crippen MR) is 98.2 cm³/mol. The van der Waals surface area contributed by atoms with E-state index < -0.39 is 5.60 Å². The highest BCUT2D eigenvalue weighted by Gasteiger charge is 2.42. The zero-order valence-electron chi connectivity index (χ0n) is 13.6. The van der Waals surface area contributed by atoms with Gasteiger partial charge in [0.15, 0.2) is 0 Å². The lowest BCUT2D eigenvalue weighted by molar-refractivity contribution is -0.00359. The zero-order valence-corrected chi connectivity index (χ0v) is 15.3. The third kappa shape index (κ3) is 2.91. The molecule has 0 saturated carbocycles. The molecular weight excluding hydrogens is 322 g/mol. The molecular formula is C19H25NOS2. The molecule has 2 saturated heterocycles. The van der Waals surface area contributed by atoms with E-state index in [0.29, 0.717) is 5.92 Å². The molecule has 23 heavy (non-hydrogen) atoms. The van der Waals surface area contributed by atoms with E-state index in [1.54, 1.807) is 22.7 Å². The molecule has 0 amide bonds. The smallest absolute Gasteiger partial charge is 0.133 e. The molecule has 0 aliphatic carbocycles. The summed E-state index contributed by atoms with van der Waals surface area (Å²) in [6, 6.07) is 9.76. The Bertz CT molecular complexity index is 574. The minimum atomic E-state index is -0.794. The van der Waals surface area contributed by atoms with E-state index in [1.807, 2.05) is 0 Å². The summed E-state index contributed by atoms with van der Waals surface area (Å²) < 4.78 is 0. The number of fused-ring (bicyclic) bond motifs is 2. The average Bonchev–Trinajstić information content (AvgIpc) is 3.22. The second-order valence-corrected chi connectivity index (χ2v) is 9.16. The van der Waals surface area contributed by atoms with Gasteiger partial charge >= 0.3 is 0 Å². The Morgan fingerprint density at radius 1 is 1.09 bits per heavy atom. The molecule has 2 fully saturated rings. The summed E-state index contributed by atoms with van der Waals surface area (Å²) in [5.41, 5.74) is -0.794. The minimum absolute atomic E-state index is 0.621. The van der Waals surface area contributed by atoms with Crippen LogP contribution in [0.25, 0.3) is 0 Å². The second kappa shape index (κ2) is 6.32. The molecule has 2 bridgehead atoms. The van der Waals surface area contributed by atoms with Crippen molar-refractivity contribution in [2.45, 2.75) is 56.2 Å². The highest BCUT2D eigenvalue weighted by Crippen LogP contribution is 2.45. The molecule has 4 heteroatoms. The SMILES string of the molecule is CN1C2CCCC1CC(CC(O)(c1cccs1)c1cccs1)C2. The molecule has 2 atom stereocenters. The van der Waals surface area contributed by atoms with Gasteiger partial charge in [0.05, 0.1) is 0 Å². The maximum Gasteiger partial charge on any atom is 0.133 e. The quantitative estimate of drug-likeness (QED) is 0.866. The van der Waals surface area contributed by atoms with Crippen molar-refractivity contribution in [3.63, 3.8) is 0 Å². The number of rotatable bonds is 4. The van der Waals surface area contributed by atoms with Crippen LogP contribution < -0.4 is 0 Å². The first-order chi connectivity index (χ1) is 11.2. The Morgan fingerprint density at radius 3 is 2.13 bits per heavy atom. The summed E-state index contributed by atoms with van der Waals surface area (Å²) in [6.07, 6.45) is 7.40. The van der Waals surface area contributed by atoms with Crippen molar-refractivity contribution in [1.82, 2.24) is 4.90 Å². The fraction of sp³-hybridized carbons (Fsp3) is 0.579. The lowest BCUT2D eigenvalue weighted by atomic mass is 9.74. The predicted octanol–water partition coefficient (Wildman–Crippen LogP) is 4.70. The van der Waals surface area contributed by atoms with E-state index in [1.165, 1.54) is 32.1 Å². The third-order valence-electron chi connectivity index (χ3n) is 5.88. The second-order valence-electron chi connectivity index (χ2n) is 7.26. The summed E-state index contributed by atoms with van der Waals surface area (Å²) >= 11 is 3.37. The minimum Gasteiger partial charge on any atom is -0.379 e. The van der Waals surface area contributed by atoms with Gasteiger partial charge in [0.1, 0.15) is 5.60 Å². The standard InChI is InChI=1S/C19H25NOS2/c1-20-15-5-2-6-16(20)12-14(11-15)13-19(21,17-7-3-9-22-17)18-8-4-10-23-18/h3-4,7-10,14-16,21H,2,5-6,11-13H2,1H3. The molecule has 2 aromatic heterocycles. The summed E-state index contributed by atoms with van der Waals surface area (Å²) in [4.78, 5) is 4.81. The molecule has 4 heterocycles. The van der Waals surface area contributed by atoms with Crippen LogP contribution in [0.4, 0.5) is 0 Å². The summed E-state index contributed by atoms with van der Waals surface area (Å²) in [6.45, 7) is 0. The van der Waals surface area contributed by atoms with Gasteiger partial charge in [0, 0.05) is 21.8 Å². The van der Waals surface area contributed by atoms with E-state index in [-0.39, 0.29) is 0 Å². The van der Waals surface area contributed by atoms with Gasteiger partial charge in [0.2, 0.25) is 0 Å². The van der Waals surface area contributed by atoms with E-state index in [2.05, 4.69) is 47.0 Å². The number of piperidine rings is 2. The van der Waals surface area contributed by atoms with E-state index in [4.69, 9.17) is 0 Å². The first kappa shape index (κ1) is 15.8. The van der Waals surface area contributed by atoms with Crippen LogP contribution in [-0.2, 0) is 5.60 Å². The lowest BCUT2D eigenvalue weighted by Gasteiger charge is -2.48. The molecule has 2 aliphatic heterocycles. The first-order valence-electron chi connectivity index (χ1n) is 8.69. The number of hydrogen-bond acceptors (Lipinski definition) is 4. The summed E-state index contributed by atoms with van der Waals surface area (Å²) in [5, 5.41) is 15.8. The van der Waals surface area contributed by atoms with E-state index in [0.717, 1.165) is 28.3 Å². The van der Waals surface area contributed by atoms with Crippen LogP contribution >= 0.6 is 22.7 Å². The summed E-state index contributed by atoms with van der Waals surface area (Å²) in [5.74, 6) is 0.621. The van der Waals surface area contributed by atoms with Crippen LogP contribution in [0.3, 0.4) is 0 Å². The Hall–Kier alpha value is -0.680. The van der Waals surface area contributed by atoms with Crippen LogP contribution in [0.5, 0.6) is 0 Å². The highest BCUT2D eigenvalue weighted by molar-refractivity contribution is 7.11. The van der Waals surface area contributed by atoms with Gasteiger partial charge in [-0.2, -0.15) is 0 Å². The van der Waals surface area contributed by atoms with Crippen molar-refractivity contribution in [2.75, 3.05) is 7.05 Å². The van der Waals surface area contributed by atoms with Crippen molar-refractivity contribution in [3.05, 3.63) is 44.8 Å². The Kier molecular flexibility index (Phi) is 4.35. The van der Waals surface area contributed by atoms with Gasteiger partial charge in [-0.05, 0) is 68.0 Å². The maximum atomic E-state index is 11.6. The molecule has 2 aromatic rings. The summed E-state index contributed by atoms with van der Waals surface area (Å²) in [7, 11) is 2.30. The first-order valence-corrected chi connectivity index (χ1v) is 10.4. The van der Waals surface area contributed by atoms with Crippen molar-refractivity contribution in [3.8, 4) is 0 Å². The van der Waals surface area contributed by atoms with Gasteiger partial charge in [-0.15, -0.1) is 22.7 Å². The molecule has 4 rings (SSSR count). The molecule has 124 valence electrons. The molecule has 2 nitrogen and oxygen atoms in total. The number of hydrogen-bond donors (Lipinski definition) is 1. The Morgan fingerprint density at radius 2 is 1.65 bits per heavy atom. The normalized spacial score (nSPS) is 28.9. The van der Waals surface area contributed by atoms with Gasteiger partial charge < -0.3 is 10.0 Å². The maximum absolute atomic E-state index is 11.6. The fourth-order valence-corrected chi connectivity index (χ4v) is 6.43. The van der Waals surface area contributed by atoms with E-state index in [9.17, 15) is 5.11 Å². The highest BCUT2D eigenvalue weighted by atomic mass is 32.1. The lowest BCUT2D eigenvalue weighted by Crippen LogP contribution is -2.50. The number of thiophene rings is 2. The largest absolute Gasteiger partial charge is 0.379 e. The zero-order chi connectivity index (χ0) is 15.9. The van der Waals surface area contributed by atoms with Crippen LogP contribution in [0.15, 0.2) is 35.0 Å². The third-order valence-corrected chi connectivity index (χ3v) is 7.92. The molecule has 0 spiro atoms. The van der Waals surface area contributed by atoms with Crippen LogP contribution in [0.2, 0.25) is 0 Å². The van der Waals surface area contributed by atoms with Gasteiger partial charge in [-0.3, -0.25) is 0 Å². The van der Waals surface area contributed by atoms with Gasteiger partial charge in [-0.25, -0.2) is 0 Å². The van der Waals surface area contributed by atoms with Crippen molar-refractivity contribution >= 4 is 22.7 Å². The van der Waals surface area contributed by atoms with Gasteiger partial charge in [-0.1, -0.05) is 18.6 Å². The number of nitrogens with zero attached hydrogens (tertiary/aromatic N) is 1. The average molecular weight is 348 g/mol. The van der Waals surface area contributed by atoms with Crippen LogP contribution in [-0.4, -0.2) is 29.1 Å². The topological polar surface area (TPSA) is 23.5 Å². The fourth-order valence-electron chi connectivity index (χ4n) is 4.66. The molecule has 1 N–H and O–H groups in total. The van der Waals surface area contributed by atoms with Crippen molar-refractivity contribution in [2.24, 2.45) is 5.92 Å². The van der Waals surface area contributed by atoms with Gasteiger partial charge in [0.25, 0.3) is 0 Å². The van der Waals surface area contributed by atoms with Crippen molar-refractivity contribution in [1.29, 1.82) is 0 Å². The van der Waals surface area contributed by atoms with Crippen molar-refractivity contribution < 1.29 is 5.11 Å². The Balaban J connectivity index is 1.59. The molecule has 2 aliphatic rings. The monoisotopic (exact) mass is 347 g/mol. The molecule has 0 radical (unpaired) electrons. The molecule has 2 unspecified atom stereocenters.